The lowest BCUT2D eigenvalue weighted by molar-refractivity contribution is 0.581. The zero-order chi connectivity index (χ0) is 11.7. The Morgan fingerprint density at radius 3 is 2.06 bits per heavy atom. The van der Waals surface area contributed by atoms with Gasteiger partial charge in [-0.3, -0.25) is 0 Å². The van der Waals surface area contributed by atoms with Gasteiger partial charge in [0.05, 0.1) is 0 Å². The summed E-state index contributed by atoms with van der Waals surface area (Å²) in [6.45, 7) is 1.73. The summed E-state index contributed by atoms with van der Waals surface area (Å²) >= 11 is 11.8. The van der Waals surface area contributed by atoms with Crippen molar-refractivity contribution >= 4 is 23.2 Å². The Morgan fingerprint density at radius 2 is 1.50 bits per heavy atom. The van der Waals surface area contributed by atoms with Crippen molar-refractivity contribution in [1.29, 1.82) is 0 Å². The van der Waals surface area contributed by atoms with E-state index in [-0.39, 0.29) is 0 Å². The number of rotatable bonds is 1. The lowest BCUT2D eigenvalue weighted by Crippen LogP contribution is -1.89. The second-order valence-corrected chi connectivity index (χ2v) is 4.35. The average Bonchev–Trinajstić information content (AvgIpc) is 2.14. The van der Waals surface area contributed by atoms with E-state index >= 15 is 0 Å². The molecule has 0 aliphatic rings. The van der Waals surface area contributed by atoms with E-state index in [9.17, 15) is 4.39 Å². The van der Waals surface area contributed by atoms with Crippen LogP contribution in [0.25, 0.3) is 11.1 Å². The van der Waals surface area contributed by atoms with E-state index in [0.717, 1.165) is 11.1 Å². The van der Waals surface area contributed by atoms with E-state index in [4.69, 9.17) is 23.2 Å². The van der Waals surface area contributed by atoms with Crippen LogP contribution in [0, 0.1) is 12.9 Å². The lowest BCUT2D eigenvalue weighted by atomic mass is 10.1. The van der Waals surface area contributed by atoms with Gasteiger partial charge >= 0.3 is 0 Å². The molecular weight excluding hydrogens is 248 g/mol. The topological polar surface area (TPSA) is 12.9 Å². The molecule has 0 N–H and O–H groups in total. The summed E-state index contributed by atoms with van der Waals surface area (Å²) in [6.07, 6.45) is 0. The van der Waals surface area contributed by atoms with Crippen LogP contribution < -0.4 is 0 Å². The standard InChI is InChI=1S/C12H8Cl2FN/c1-7-2-8(5-12(15)16-7)9-3-10(13)6-11(14)4-9/h2-6H,1H3. The van der Waals surface area contributed by atoms with Gasteiger partial charge in [0.1, 0.15) is 0 Å². The molecule has 16 heavy (non-hydrogen) atoms. The van der Waals surface area contributed by atoms with Gasteiger partial charge in [-0.05, 0) is 42.3 Å². The maximum Gasteiger partial charge on any atom is 0.213 e. The Balaban J connectivity index is 2.57. The summed E-state index contributed by atoms with van der Waals surface area (Å²) in [4.78, 5) is 3.67. The van der Waals surface area contributed by atoms with Gasteiger partial charge in [0, 0.05) is 21.8 Å². The molecule has 0 aliphatic heterocycles. The van der Waals surface area contributed by atoms with Crippen molar-refractivity contribution in [2.45, 2.75) is 6.92 Å². The highest BCUT2D eigenvalue weighted by molar-refractivity contribution is 6.35. The lowest BCUT2D eigenvalue weighted by Gasteiger charge is -2.04. The molecule has 0 unspecified atom stereocenters. The first-order valence-electron chi connectivity index (χ1n) is 4.65. The van der Waals surface area contributed by atoms with Crippen LogP contribution in [-0.2, 0) is 0 Å². The Kier molecular flexibility index (Phi) is 3.13. The normalized spacial score (nSPS) is 10.5. The molecule has 0 aliphatic carbocycles. The summed E-state index contributed by atoms with van der Waals surface area (Å²) in [7, 11) is 0. The predicted molar refractivity (Wildman–Crippen MR) is 64.4 cm³/mol. The molecule has 1 aromatic carbocycles. The molecule has 2 rings (SSSR count). The molecule has 1 heterocycles. The Bertz CT molecular complexity index is 451. The molecule has 0 saturated carbocycles. The molecule has 82 valence electrons. The molecular formula is C12H8Cl2FN. The van der Waals surface area contributed by atoms with Gasteiger partial charge in [0.2, 0.25) is 5.95 Å². The van der Waals surface area contributed by atoms with Crippen LogP contribution in [0.2, 0.25) is 10.0 Å². The molecule has 0 radical (unpaired) electrons. The van der Waals surface area contributed by atoms with E-state index < -0.39 is 5.95 Å². The van der Waals surface area contributed by atoms with Crippen LogP contribution in [0.1, 0.15) is 5.69 Å². The number of benzene rings is 1. The largest absolute Gasteiger partial charge is 0.225 e. The predicted octanol–water partition coefficient (Wildman–Crippen LogP) is 4.50. The van der Waals surface area contributed by atoms with Crippen molar-refractivity contribution in [3.05, 3.63) is 52.0 Å². The molecule has 0 fully saturated rings. The van der Waals surface area contributed by atoms with Gasteiger partial charge in [-0.2, -0.15) is 4.39 Å². The summed E-state index contributed by atoms with van der Waals surface area (Å²) < 4.78 is 13.1. The fourth-order valence-electron chi connectivity index (χ4n) is 1.52. The van der Waals surface area contributed by atoms with E-state index in [1.54, 1.807) is 31.2 Å². The minimum absolute atomic E-state index is 0.508. The maximum atomic E-state index is 13.1. The van der Waals surface area contributed by atoms with Gasteiger partial charge < -0.3 is 0 Å². The summed E-state index contributed by atoms with van der Waals surface area (Å²) in [5.41, 5.74) is 2.11. The molecule has 0 spiro atoms. The minimum Gasteiger partial charge on any atom is -0.225 e. The third-order valence-electron chi connectivity index (χ3n) is 2.12. The first-order chi connectivity index (χ1) is 7.54. The zero-order valence-corrected chi connectivity index (χ0v) is 9.98. The van der Waals surface area contributed by atoms with E-state index in [2.05, 4.69) is 4.98 Å². The van der Waals surface area contributed by atoms with Crippen molar-refractivity contribution in [3.8, 4) is 11.1 Å². The monoisotopic (exact) mass is 255 g/mol. The molecule has 2 aromatic rings. The van der Waals surface area contributed by atoms with E-state index in [1.165, 1.54) is 6.07 Å². The zero-order valence-electron chi connectivity index (χ0n) is 8.47. The van der Waals surface area contributed by atoms with Crippen LogP contribution >= 0.6 is 23.2 Å². The van der Waals surface area contributed by atoms with Gasteiger partial charge in [0.15, 0.2) is 0 Å². The second kappa shape index (κ2) is 4.40. The van der Waals surface area contributed by atoms with Crippen LogP contribution in [0.15, 0.2) is 30.3 Å². The molecule has 4 heteroatoms. The summed E-state index contributed by atoms with van der Waals surface area (Å²) in [6, 6.07) is 8.25. The van der Waals surface area contributed by atoms with E-state index in [0.29, 0.717) is 15.7 Å². The van der Waals surface area contributed by atoms with Crippen LogP contribution in [0.3, 0.4) is 0 Å². The fourth-order valence-corrected chi connectivity index (χ4v) is 2.04. The first-order valence-corrected chi connectivity index (χ1v) is 5.41. The minimum atomic E-state index is -0.508. The maximum absolute atomic E-state index is 13.1. The van der Waals surface area contributed by atoms with Gasteiger partial charge in [-0.15, -0.1) is 0 Å². The Hall–Kier alpha value is -1.12. The van der Waals surface area contributed by atoms with Crippen LogP contribution in [-0.4, -0.2) is 4.98 Å². The number of aromatic nitrogens is 1. The van der Waals surface area contributed by atoms with Crippen LogP contribution in [0.5, 0.6) is 0 Å². The number of aryl methyl sites for hydroxylation is 1. The number of pyridine rings is 1. The fraction of sp³-hybridized carbons (Fsp3) is 0.0833. The Labute approximate surface area is 103 Å². The molecule has 0 amide bonds. The highest BCUT2D eigenvalue weighted by Crippen LogP contribution is 2.27. The highest BCUT2D eigenvalue weighted by atomic mass is 35.5. The summed E-state index contributed by atoms with van der Waals surface area (Å²) in [5, 5.41) is 1.05. The average molecular weight is 256 g/mol. The van der Waals surface area contributed by atoms with Gasteiger partial charge in [-0.25, -0.2) is 4.98 Å². The molecule has 0 bridgehead atoms. The van der Waals surface area contributed by atoms with Crippen molar-refractivity contribution in [2.75, 3.05) is 0 Å². The molecule has 1 aromatic heterocycles. The number of nitrogens with zero attached hydrogens (tertiary/aromatic N) is 1. The molecule has 1 nitrogen and oxygen atoms in total. The second-order valence-electron chi connectivity index (χ2n) is 3.48. The number of halogens is 3. The van der Waals surface area contributed by atoms with Crippen molar-refractivity contribution in [2.24, 2.45) is 0 Å². The van der Waals surface area contributed by atoms with Crippen LogP contribution in [0.4, 0.5) is 4.39 Å². The van der Waals surface area contributed by atoms with E-state index in [1.807, 2.05) is 0 Å². The third-order valence-corrected chi connectivity index (χ3v) is 2.55. The number of hydrogen-bond donors (Lipinski definition) is 0. The Morgan fingerprint density at radius 1 is 0.938 bits per heavy atom. The molecule has 0 saturated heterocycles. The van der Waals surface area contributed by atoms with Crippen molar-refractivity contribution in [3.63, 3.8) is 0 Å². The quantitative estimate of drug-likeness (QED) is 0.684. The SMILES string of the molecule is Cc1cc(-c2cc(Cl)cc(Cl)c2)cc(F)n1. The molecule has 0 atom stereocenters. The smallest absolute Gasteiger partial charge is 0.213 e. The number of hydrogen-bond acceptors (Lipinski definition) is 1. The van der Waals surface area contributed by atoms with Crippen molar-refractivity contribution in [1.82, 2.24) is 4.98 Å². The first kappa shape index (κ1) is 11.4. The van der Waals surface area contributed by atoms with Gasteiger partial charge in [0.25, 0.3) is 0 Å². The highest BCUT2D eigenvalue weighted by Gasteiger charge is 2.04. The third kappa shape index (κ3) is 2.52. The van der Waals surface area contributed by atoms with Crippen molar-refractivity contribution < 1.29 is 4.39 Å². The van der Waals surface area contributed by atoms with Gasteiger partial charge in [-0.1, -0.05) is 23.2 Å². The summed E-state index contributed by atoms with van der Waals surface area (Å²) in [5.74, 6) is -0.508.